The third kappa shape index (κ3) is 4.61. The van der Waals surface area contributed by atoms with E-state index in [1.165, 1.54) is 0 Å². The maximum absolute atomic E-state index is 5.51. The molecular formula is C13H23N3O. The molecule has 4 nitrogen and oxygen atoms in total. The van der Waals surface area contributed by atoms with Crippen molar-refractivity contribution in [2.75, 3.05) is 38.1 Å². The van der Waals surface area contributed by atoms with Gasteiger partial charge in [0.1, 0.15) is 0 Å². The lowest BCUT2D eigenvalue weighted by Gasteiger charge is -2.18. The number of nitrogens with zero attached hydrogens (tertiary/aromatic N) is 2. The average Bonchev–Trinajstić information content (AvgIpc) is 2.37. The minimum absolute atomic E-state index is 0.663. The number of pyridine rings is 1. The second kappa shape index (κ2) is 7.90. The first-order chi connectivity index (χ1) is 8.31. The summed E-state index contributed by atoms with van der Waals surface area (Å²) in [5.74, 6) is 1.66. The molecule has 0 bridgehead atoms. The van der Waals surface area contributed by atoms with Gasteiger partial charge in [-0.25, -0.2) is 4.98 Å². The maximum Gasteiger partial charge on any atom is 0.168 e. The van der Waals surface area contributed by atoms with Gasteiger partial charge in [-0.15, -0.1) is 0 Å². The fourth-order valence-corrected chi connectivity index (χ4v) is 1.67. The molecule has 0 aliphatic heterocycles. The van der Waals surface area contributed by atoms with E-state index >= 15 is 0 Å². The fourth-order valence-electron chi connectivity index (χ4n) is 1.67. The van der Waals surface area contributed by atoms with Crippen LogP contribution in [0, 0.1) is 0 Å². The van der Waals surface area contributed by atoms with Crippen molar-refractivity contribution in [3.05, 3.63) is 18.3 Å². The second-order valence-corrected chi connectivity index (χ2v) is 3.74. The van der Waals surface area contributed by atoms with Crippen molar-refractivity contribution in [3.8, 4) is 5.75 Å². The van der Waals surface area contributed by atoms with E-state index in [4.69, 9.17) is 4.74 Å². The minimum Gasteiger partial charge on any atom is -0.490 e. The summed E-state index contributed by atoms with van der Waals surface area (Å²) in [6.45, 7) is 11.1. The highest BCUT2D eigenvalue weighted by Gasteiger charge is 2.04. The van der Waals surface area contributed by atoms with Gasteiger partial charge in [0.2, 0.25) is 0 Å². The highest BCUT2D eigenvalue weighted by Crippen LogP contribution is 2.20. The first kappa shape index (κ1) is 13.8. The highest BCUT2D eigenvalue weighted by atomic mass is 16.5. The fraction of sp³-hybridized carbons (Fsp3) is 0.615. The summed E-state index contributed by atoms with van der Waals surface area (Å²) in [4.78, 5) is 6.66. The van der Waals surface area contributed by atoms with Crippen molar-refractivity contribution in [2.45, 2.75) is 20.8 Å². The Hall–Kier alpha value is -1.29. The van der Waals surface area contributed by atoms with E-state index in [-0.39, 0.29) is 0 Å². The van der Waals surface area contributed by atoms with Crippen LogP contribution in [-0.2, 0) is 0 Å². The van der Waals surface area contributed by atoms with Crippen LogP contribution in [0.4, 0.5) is 5.82 Å². The Balaban J connectivity index is 2.45. The number of hydrogen-bond donors (Lipinski definition) is 1. The van der Waals surface area contributed by atoms with Gasteiger partial charge in [0.05, 0.1) is 6.61 Å². The van der Waals surface area contributed by atoms with Crippen LogP contribution >= 0.6 is 0 Å². The summed E-state index contributed by atoms with van der Waals surface area (Å²) in [7, 11) is 0. The SMILES string of the molecule is CCOc1cccnc1NCCN(CC)CC. The zero-order valence-electron chi connectivity index (χ0n) is 11.1. The van der Waals surface area contributed by atoms with Gasteiger partial charge in [-0.1, -0.05) is 13.8 Å². The molecule has 0 unspecified atom stereocenters. The predicted octanol–water partition coefficient (Wildman–Crippen LogP) is 2.23. The molecule has 0 fully saturated rings. The Bertz CT molecular complexity index is 313. The zero-order chi connectivity index (χ0) is 12.5. The molecule has 0 aliphatic rings. The van der Waals surface area contributed by atoms with Crippen molar-refractivity contribution in [3.63, 3.8) is 0 Å². The third-order valence-electron chi connectivity index (χ3n) is 2.69. The molecule has 1 heterocycles. The summed E-state index contributed by atoms with van der Waals surface area (Å²) in [6, 6.07) is 3.83. The van der Waals surface area contributed by atoms with Gasteiger partial charge in [0, 0.05) is 19.3 Å². The molecule has 0 aromatic carbocycles. The van der Waals surface area contributed by atoms with Gasteiger partial charge in [-0.2, -0.15) is 0 Å². The van der Waals surface area contributed by atoms with Crippen LogP contribution in [0.1, 0.15) is 20.8 Å². The van der Waals surface area contributed by atoms with E-state index in [2.05, 4.69) is 29.0 Å². The second-order valence-electron chi connectivity index (χ2n) is 3.74. The zero-order valence-corrected chi connectivity index (χ0v) is 11.1. The van der Waals surface area contributed by atoms with Gasteiger partial charge >= 0.3 is 0 Å². The monoisotopic (exact) mass is 237 g/mol. The van der Waals surface area contributed by atoms with Gasteiger partial charge < -0.3 is 15.0 Å². The van der Waals surface area contributed by atoms with Crippen molar-refractivity contribution in [2.24, 2.45) is 0 Å². The largest absolute Gasteiger partial charge is 0.490 e. The van der Waals surface area contributed by atoms with Gasteiger partial charge in [-0.3, -0.25) is 0 Å². The number of ether oxygens (including phenoxy) is 1. The van der Waals surface area contributed by atoms with Crippen molar-refractivity contribution in [1.82, 2.24) is 9.88 Å². The molecule has 4 heteroatoms. The Morgan fingerprint density at radius 3 is 2.71 bits per heavy atom. The number of anilines is 1. The normalized spacial score (nSPS) is 10.6. The molecule has 0 saturated heterocycles. The van der Waals surface area contributed by atoms with Gasteiger partial charge in [0.25, 0.3) is 0 Å². The first-order valence-electron chi connectivity index (χ1n) is 6.35. The highest BCUT2D eigenvalue weighted by molar-refractivity contribution is 5.49. The maximum atomic E-state index is 5.51. The van der Waals surface area contributed by atoms with Crippen molar-refractivity contribution in [1.29, 1.82) is 0 Å². The summed E-state index contributed by atoms with van der Waals surface area (Å²) in [5.41, 5.74) is 0. The number of nitrogens with one attached hydrogen (secondary N) is 1. The first-order valence-corrected chi connectivity index (χ1v) is 6.35. The lowest BCUT2D eigenvalue weighted by atomic mass is 10.4. The van der Waals surface area contributed by atoms with E-state index < -0.39 is 0 Å². The van der Waals surface area contributed by atoms with Crippen LogP contribution in [0.2, 0.25) is 0 Å². The van der Waals surface area contributed by atoms with Crippen molar-refractivity contribution < 1.29 is 4.74 Å². The average molecular weight is 237 g/mol. The molecule has 0 spiro atoms. The van der Waals surface area contributed by atoms with E-state index in [9.17, 15) is 0 Å². The van der Waals surface area contributed by atoms with Crippen molar-refractivity contribution >= 4 is 5.82 Å². The lowest BCUT2D eigenvalue weighted by molar-refractivity contribution is 0.315. The van der Waals surface area contributed by atoms with E-state index in [0.717, 1.165) is 37.7 Å². The molecule has 17 heavy (non-hydrogen) atoms. The molecule has 1 aromatic rings. The Kier molecular flexibility index (Phi) is 6.40. The summed E-state index contributed by atoms with van der Waals surface area (Å²) in [5, 5.41) is 3.32. The van der Waals surface area contributed by atoms with E-state index in [1.54, 1.807) is 6.20 Å². The molecule has 1 aromatic heterocycles. The Morgan fingerprint density at radius 2 is 2.06 bits per heavy atom. The van der Waals surface area contributed by atoms with Crippen LogP contribution in [0.15, 0.2) is 18.3 Å². The molecule has 0 radical (unpaired) electrons. The predicted molar refractivity (Wildman–Crippen MR) is 71.7 cm³/mol. The molecule has 1 rings (SSSR count). The third-order valence-corrected chi connectivity index (χ3v) is 2.69. The number of rotatable bonds is 8. The molecule has 1 N–H and O–H groups in total. The molecule has 0 saturated carbocycles. The molecule has 96 valence electrons. The van der Waals surface area contributed by atoms with E-state index in [1.807, 2.05) is 19.1 Å². The Morgan fingerprint density at radius 1 is 1.29 bits per heavy atom. The van der Waals surface area contributed by atoms with Crippen LogP contribution in [0.25, 0.3) is 0 Å². The Labute approximate surface area is 104 Å². The number of hydrogen-bond acceptors (Lipinski definition) is 4. The van der Waals surface area contributed by atoms with Crippen LogP contribution in [-0.4, -0.2) is 42.7 Å². The number of likely N-dealkylation sites (N-methyl/N-ethyl adjacent to an activating group) is 1. The molecule has 0 atom stereocenters. The molecule has 0 amide bonds. The lowest BCUT2D eigenvalue weighted by Crippen LogP contribution is -2.28. The van der Waals surface area contributed by atoms with Gasteiger partial charge in [0.15, 0.2) is 11.6 Å². The smallest absolute Gasteiger partial charge is 0.168 e. The number of aromatic nitrogens is 1. The summed E-state index contributed by atoms with van der Waals surface area (Å²) < 4.78 is 5.51. The minimum atomic E-state index is 0.663. The standard InChI is InChI=1S/C13H23N3O/c1-4-16(5-2)11-10-15-13-12(17-6-3)8-7-9-14-13/h7-9H,4-6,10-11H2,1-3H3,(H,14,15). The summed E-state index contributed by atoms with van der Waals surface area (Å²) in [6.07, 6.45) is 1.78. The van der Waals surface area contributed by atoms with E-state index in [0.29, 0.717) is 6.61 Å². The quantitative estimate of drug-likeness (QED) is 0.752. The molecule has 0 aliphatic carbocycles. The topological polar surface area (TPSA) is 37.4 Å². The van der Waals surface area contributed by atoms with Gasteiger partial charge in [-0.05, 0) is 32.1 Å². The van der Waals surface area contributed by atoms with Crippen LogP contribution < -0.4 is 10.1 Å². The van der Waals surface area contributed by atoms with Crippen LogP contribution in [0.5, 0.6) is 5.75 Å². The van der Waals surface area contributed by atoms with Crippen LogP contribution in [0.3, 0.4) is 0 Å². The summed E-state index contributed by atoms with van der Waals surface area (Å²) >= 11 is 0. The molecular weight excluding hydrogens is 214 g/mol.